The second kappa shape index (κ2) is 14.1. The summed E-state index contributed by atoms with van der Waals surface area (Å²) in [6, 6.07) is 4.72. The molecular formula is C22H29Cl2N3O5. The number of nitrogens with zero attached hydrogens (tertiary/aromatic N) is 2. The van der Waals surface area contributed by atoms with Gasteiger partial charge in [0.15, 0.2) is 5.69 Å². The number of halogens is 2. The van der Waals surface area contributed by atoms with Crippen molar-refractivity contribution in [3.8, 4) is 0 Å². The van der Waals surface area contributed by atoms with Crippen molar-refractivity contribution in [1.29, 1.82) is 0 Å². The third kappa shape index (κ3) is 8.43. The number of hydrogen-bond acceptors (Lipinski definition) is 6. The second-order valence-corrected chi connectivity index (χ2v) is 7.65. The maximum atomic E-state index is 13.1. The van der Waals surface area contributed by atoms with Crippen LogP contribution in [-0.4, -0.2) is 61.2 Å². The van der Waals surface area contributed by atoms with Crippen molar-refractivity contribution < 1.29 is 23.5 Å². The Morgan fingerprint density at radius 3 is 2.50 bits per heavy atom. The maximum Gasteiger partial charge on any atom is 0.273 e. The second-order valence-electron chi connectivity index (χ2n) is 6.84. The number of nitrogens with one attached hydrogen (secondary N) is 1. The van der Waals surface area contributed by atoms with Gasteiger partial charge in [-0.15, -0.1) is 0 Å². The zero-order valence-electron chi connectivity index (χ0n) is 18.4. The lowest BCUT2D eigenvalue weighted by atomic mass is 10.2. The summed E-state index contributed by atoms with van der Waals surface area (Å²) in [5, 5.41) is 3.44. The molecule has 0 fully saturated rings. The fraction of sp³-hybridized carbons (Fsp3) is 0.500. The molecule has 32 heavy (non-hydrogen) atoms. The molecule has 0 unspecified atom stereocenters. The molecule has 0 aliphatic carbocycles. The number of hydrogen-bond donors (Lipinski definition) is 1. The number of benzene rings is 1. The molecule has 0 saturated heterocycles. The lowest BCUT2D eigenvalue weighted by Gasteiger charge is -2.21. The Morgan fingerprint density at radius 2 is 1.81 bits per heavy atom. The smallest absolute Gasteiger partial charge is 0.273 e. The molecule has 1 aromatic carbocycles. The van der Waals surface area contributed by atoms with E-state index in [1.54, 1.807) is 17.0 Å². The average molecular weight is 486 g/mol. The number of carbonyl (C=O) groups is 2. The third-order valence-corrected chi connectivity index (χ3v) is 5.18. The lowest BCUT2D eigenvalue weighted by Crippen LogP contribution is -2.32. The van der Waals surface area contributed by atoms with Crippen LogP contribution in [0.15, 0.2) is 28.9 Å². The molecule has 2 rings (SSSR count). The van der Waals surface area contributed by atoms with E-state index in [0.29, 0.717) is 68.0 Å². The van der Waals surface area contributed by atoms with Gasteiger partial charge in [-0.25, -0.2) is 4.98 Å². The van der Waals surface area contributed by atoms with Crippen LogP contribution in [0.4, 0.5) is 0 Å². The molecule has 0 aliphatic heterocycles. The molecule has 0 atom stereocenters. The number of rotatable bonds is 14. The highest BCUT2D eigenvalue weighted by atomic mass is 35.5. The molecule has 2 aromatic rings. The van der Waals surface area contributed by atoms with Crippen LogP contribution in [0, 0.1) is 0 Å². The molecule has 0 saturated carbocycles. The third-order valence-electron chi connectivity index (χ3n) is 4.44. The summed E-state index contributed by atoms with van der Waals surface area (Å²) in [6.07, 6.45) is 2.63. The van der Waals surface area contributed by atoms with Gasteiger partial charge in [-0.1, -0.05) is 23.2 Å². The van der Waals surface area contributed by atoms with Gasteiger partial charge >= 0.3 is 0 Å². The van der Waals surface area contributed by atoms with Crippen LogP contribution >= 0.6 is 23.2 Å². The van der Waals surface area contributed by atoms with Crippen molar-refractivity contribution in [3.05, 3.63) is 51.7 Å². The van der Waals surface area contributed by atoms with Crippen molar-refractivity contribution in [2.45, 2.75) is 33.2 Å². The van der Waals surface area contributed by atoms with E-state index in [4.69, 9.17) is 37.1 Å². The molecule has 0 aliphatic rings. The summed E-state index contributed by atoms with van der Waals surface area (Å²) in [4.78, 5) is 31.1. The van der Waals surface area contributed by atoms with E-state index in [1.165, 1.54) is 12.3 Å². The highest BCUT2D eigenvalue weighted by molar-refractivity contribution is 6.42. The molecule has 1 aromatic heterocycles. The number of oxazole rings is 1. The van der Waals surface area contributed by atoms with Gasteiger partial charge in [-0.05, 0) is 44.9 Å². The Balaban J connectivity index is 2.03. The van der Waals surface area contributed by atoms with Crippen LogP contribution in [0.2, 0.25) is 10.0 Å². The minimum Gasteiger partial charge on any atom is -0.446 e. The molecule has 176 valence electrons. The number of ether oxygens (including phenoxy) is 2. The fourth-order valence-corrected chi connectivity index (χ4v) is 3.13. The molecule has 2 amide bonds. The molecular weight excluding hydrogens is 457 g/mol. The van der Waals surface area contributed by atoms with Crippen LogP contribution in [-0.2, 0) is 16.0 Å². The summed E-state index contributed by atoms with van der Waals surface area (Å²) in [5.41, 5.74) is 0.558. The van der Waals surface area contributed by atoms with Gasteiger partial charge in [0.05, 0.1) is 16.6 Å². The average Bonchev–Trinajstić information content (AvgIpc) is 3.25. The van der Waals surface area contributed by atoms with Crippen molar-refractivity contribution in [2.75, 3.05) is 39.5 Å². The van der Waals surface area contributed by atoms with E-state index >= 15 is 0 Å². The minimum absolute atomic E-state index is 0.100. The highest BCUT2D eigenvalue weighted by Gasteiger charge is 2.20. The zero-order valence-corrected chi connectivity index (χ0v) is 19.9. The predicted octanol–water partition coefficient (Wildman–Crippen LogP) is 4.21. The summed E-state index contributed by atoms with van der Waals surface area (Å²) >= 11 is 12.0. The van der Waals surface area contributed by atoms with E-state index in [2.05, 4.69) is 10.3 Å². The first-order valence-electron chi connectivity index (χ1n) is 10.6. The molecule has 0 spiro atoms. The number of amides is 2. The van der Waals surface area contributed by atoms with Crippen LogP contribution in [0.5, 0.6) is 0 Å². The predicted molar refractivity (Wildman–Crippen MR) is 122 cm³/mol. The van der Waals surface area contributed by atoms with E-state index in [0.717, 1.165) is 0 Å². The number of carbonyl (C=O) groups excluding carboxylic acids is 2. The van der Waals surface area contributed by atoms with Gasteiger partial charge in [0.25, 0.3) is 11.8 Å². The normalized spacial score (nSPS) is 10.9. The van der Waals surface area contributed by atoms with Gasteiger partial charge in [0.1, 0.15) is 6.26 Å². The van der Waals surface area contributed by atoms with Crippen molar-refractivity contribution in [2.24, 2.45) is 0 Å². The first-order chi connectivity index (χ1) is 15.5. The Kier molecular flexibility index (Phi) is 11.5. The Bertz CT molecular complexity index is 875. The molecule has 10 heteroatoms. The monoisotopic (exact) mass is 485 g/mol. The van der Waals surface area contributed by atoms with E-state index in [9.17, 15) is 9.59 Å². The van der Waals surface area contributed by atoms with Gasteiger partial charge in [-0.3, -0.25) is 9.59 Å². The molecule has 1 N–H and O–H groups in total. The topological polar surface area (TPSA) is 93.9 Å². The molecule has 1 heterocycles. The first kappa shape index (κ1) is 26.1. The van der Waals surface area contributed by atoms with E-state index in [1.807, 2.05) is 13.8 Å². The molecule has 0 radical (unpaired) electrons. The van der Waals surface area contributed by atoms with Gasteiger partial charge in [-0.2, -0.15) is 0 Å². The van der Waals surface area contributed by atoms with Crippen molar-refractivity contribution in [3.63, 3.8) is 0 Å². The molecule has 0 bridgehead atoms. The Labute approximate surface area is 198 Å². The van der Waals surface area contributed by atoms with Gasteiger partial charge < -0.3 is 24.1 Å². The largest absolute Gasteiger partial charge is 0.446 e. The Hall–Kier alpha value is -2.13. The summed E-state index contributed by atoms with van der Waals surface area (Å²) in [7, 11) is 0. The van der Waals surface area contributed by atoms with Gasteiger partial charge in [0, 0.05) is 45.1 Å². The van der Waals surface area contributed by atoms with Crippen molar-refractivity contribution >= 4 is 35.0 Å². The quantitative estimate of drug-likeness (QED) is 0.402. The maximum absolute atomic E-state index is 13.1. The zero-order chi connectivity index (χ0) is 23.3. The number of aromatic nitrogens is 1. The van der Waals surface area contributed by atoms with E-state index in [-0.39, 0.29) is 29.9 Å². The van der Waals surface area contributed by atoms with Crippen molar-refractivity contribution in [1.82, 2.24) is 15.2 Å². The Morgan fingerprint density at radius 1 is 1.09 bits per heavy atom. The van der Waals surface area contributed by atoms with Gasteiger partial charge in [0.2, 0.25) is 5.89 Å². The fourth-order valence-electron chi connectivity index (χ4n) is 2.83. The first-order valence-corrected chi connectivity index (χ1v) is 11.3. The van der Waals surface area contributed by atoms with Crippen LogP contribution in [0.1, 0.15) is 53.4 Å². The minimum atomic E-state index is -0.338. The van der Waals surface area contributed by atoms with Crippen LogP contribution in [0.25, 0.3) is 0 Å². The SMILES string of the molecule is CCOCCCNC(=O)c1coc(CN(CCCOCC)C(=O)c2ccc(Cl)c(Cl)c2)n1. The van der Waals surface area contributed by atoms with E-state index < -0.39 is 0 Å². The molecule has 8 nitrogen and oxygen atoms in total. The van der Waals surface area contributed by atoms with Crippen LogP contribution in [0.3, 0.4) is 0 Å². The summed E-state index contributed by atoms with van der Waals surface area (Å²) in [5.74, 6) is -0.329. The lowest BCUT2D eigenvalue weighted by molar-refractivity contribution is 0.0695. The standard InChI is InChI=1S/C22H29Cl2N3O5/c1-3-30-11-5-9-25-21(28)19-15-32-20(26-19)14-27(10-6-12-31-4-2)22(29)16-7-8-17(23)18(24)13-16/h7-8,13,15H,3-6,9-12,14H2,1-2H3,(H,25,28). The summed E-state index contributed by atoms with van der Waals surface area (Å²) in [6.45, 7) is 7.16. The highest BCUT2D eigenvalue weighted by Crippen LogP contribution is 2.23. The summed E-state index contributed by atoms with van der Waals surface area (Å²) < 4.78 is 16.1. The van der Waals surface area contributed by atoms with Crippen LogP contribution < -0.4 is 5.32 Å².